The topological polar surface area (TPSA) is 99.3 Å². The van der Waals surface area contributed by atoms with Gasteiger partial charge in [-0.1, -0.05) is 17.7 Å². The van der Waals surface area contributed by atoms with Crippen molar-refractivity contribution in [2.45, 2.75) is 32.2 Å². The predicted molar refractivity (Wildman–Crippen MR) is 115 cm³/mol. The smallest absolute Gasteiger partial charge is 0.436 e. The van der Waals surface area contributed by atoms with Crippen LogP contribution in [0.3, 0.4) is 0 Å². The molecule has 1 heterocycles. The third-order valence-corrected chi connectivity index (χ3v) is 5.19. The number of nitrogens with zero attached hydrogens (tertiary/aromatic N) is 3. The molecule has 0 unspecified atom stereocenters. The minimum atomic E-state index is -4.78. The van der Waals surface area contributed by atoms with Crippen LogP contribution in [-0.4, -0.2) is 20.6 Å². The van der Waals surface area contributed by atoms with Crippen LogP contribution in [0, 0.1) is 17.0 Å². The van der Waals surface area contributed by atoms with Crippen LogP contribution in [-0.2, 0) is 23.7 Å². The monoisotopic (exact) mass is 536 g/mol. The number of amides is 1. The second kappa shape index (κ2) is 10.0. The largest absolute Gasteiger partial charge is 0.457 e. The Labute approximate surface area is 203 Å². The zero-order chi connectivity index (χ0) is 26.8. The lowest BCUT2D eigenvalue weighted by Crippen LogP contribution is -2.16. The van der Waals surface area contributed by atoms with Crippen molar-refractivity contribution < 1.29 is 40.8 Å². The van der Waals surface area contributed by atoms with Crippen LogP contribution in [0.4, 0.5) is 37.7 Å². The molecule has 0 aliphatic heterocycles. The van der Waals surface area contributed by atoms with Gasteiger partial charge in [-0.05, 0) is 25.1 Å². The number of nitro benzene ring substituents is 1. The average molecular weight is 537 g/mol. The molecule has 3 rings (SSSR count). The molecule has 0 aliphatic carbocycles. The molecule has 2 aromatic carbocycles. The first-order valence-corrected chi connectivity index (χ1v) is 10.3. The van der Waals surface area contributed by atoms with Crippen LogP contribution in [0.5, 0.6) is 11.5 Å². The number of hydrogen-bond acceptors (Lipinski definition) is 5. The summed E-state index contributed by atoms with van der Waals surface area (Å²) in [5.41, 5.74) is -2.95. The fourth-order valence-corrected chi connectivity index (χ4v) is 3.29. The van der Waals surface area contributed by atoms with E-state index in [1.807, 2.05) is 0 Å². The summed E-state index contributed by atoms with van der Waals surface area (Å²) in [5, 5.41) is 16.4. The van der Waals surface area contributed by atoms with Crippen molar-refractivity contribution in [3.63, 3.8) is 0 Å². The quantitative estimate of drug-likeness (QED) is 0.208. The van der Waals surface area contributed by atoms with E-state index in [1.54, 1.807) is 0 Å². The Morgan fingerprint density at radius 2 is 1.81 bits per heavy atom. The van der Waals surface area contributed by atoms with Gasteiger partial charge in [-0.2, -0.15) is 31.4 Å². The van der Waals surface area contributed by atoms with E-state index in [4.69, 9.17) is 16.3 Å². The molecule has 0 aliphatic rings. The third kappa shape index (κ3) is 6.44. The molecule has 0 bridgehead atoms. The van der Waals surface area contributed by atoms with Crippen molar-refractivity contribution >= 4 is 28.9 Å². The lowest BCUT2D eigenvalue weighted by molar-refractivity contribution is -0.384. The Hall–Kier alpha value is -3.81. The molecule has 1 amide bonds. The highest BCUT2D eigenvalue weighted by Gasteiger charge is 2.38. The van der Waals surface area contributed by atoms with Crippen LogP contribution in [0.1, 0.15) is 23.4 Å². The summed E-state index contributed by atoms with van der Waals surface area (Å²) >= 11 is 5.67. The third-order valence-electron chi connectivity index (χ3n) is 4.74. The molecule has 0 spiro atoms. The molecule has 0 saturated carbocycles. The molecule has 0 atom stereocenters. The van der Waals surface area contributed by atoms with E-state index in [-0.39, 0.29) is 35.8 Å². The van der Waals surface area contributed by atoms with Gasteiger partial charge in [0.1, 0.15) is 11.5 Å². The Morgan fingerprint density at radius 1 is 1.11 bits per heavy atom. The number of ether oxygens (including phenoxy) is 1. The molecule has 36 heavy (non-hydrogen) atoms. The zero-order valence-corrected chi connectivity index (χ0v) is 18.8. The van der Waals surface area contributed by atoms with E-state index in [9.17, 15) is 41.3 Å². The van der Waals surface area contributed by atoms with Crippen molar-refractivity contribution in [2.24, 2.45) is 0 Å². The van der Waals surface area contributed by atoms with Gasteiger partial charge >= 0.3 is 12.4 Å². The normalized spacial score (nSPS) is 11.9. The minimum absolute atomic E-state index is 0.0103. The SMILES string of the molecule is Cc1c(Cl)c(C(F)(F)F)nn1CCC(=O)Nc1cc(Oc2cccc(C(F)(F)F)c2)cc([N+](=O)[O-])c1. The summed E-state index contributed by atoms with van der Waals surface area (Å²) < 4.78 is 83.8. The lowest BCUT2D eigenvalue weighted by Gasteiger charge is -2.12. The molecule has 1 aromatic heterocycles. The second-order valence-corrected chi connectivity index (χ2v) is 7.75. The fourth-order valence-electron chi connectivity index (χ4n) is 3.05. The number of carbonyl (C=O) groups excluding carboxylic acids is 1. The fraction of sp³-hybridized carbons (Fsp3) is 0.238. The van der Waals surface area contributed by atoms with Gasteiger partial charge in [0, 0.05) is 18.6 Å². The van der Waals surface area contributed by atoms with Crippen molar-refractivity contribution in [1.29, 1.82) is 0 Å². The first kappa shape index (κ1) is 26.8. The average Bonchev–Trinajstić information content (AvgIpc) is 3.06. The summed E-state index contributed by atoms with van der Waals surface area (Å²) in [6.45, 7) is 1.01. The highest BCUT2D eigenvalue weighted by molar-refractivity contribution is 6.31. The number of nitro groups is 1. The Bertz CT molecular complexity index is 1310. The van der Waals surface area contributed by atoms with E-state index < -0.39 is 45.2 Å². The zero-order valence-electron chi connectivity index (χ0n) is 18.1. The van der Waals surface area contributed by atoms with Gasteiger partial charge in [-0.25, -0.2) is 0 Å². The number of halogens is 7. The number of hydrogen-bond donors (Lipinski definition) is 1. The van der Waals surface area contributed by atoms with E-state index in [1.165, 1.54) is 13.0 Å². The Balaban J connectivity index is 1.76. The molecule has 0 saturated heterocycles. The van der Waals surface area contributed by atoms with Crippen LogP contribution < -0.4 is 10.1 Å². The van der Waals surface area contributed by atoms with Gasteiger partial charge in [-0.3, -0.25) is 19.6 Å². The van der Waals surface area contributed by atoms with E-state index in [2.05, 4.69) is 10.4 Å². The van der Waals surface area contributed by atoms with Crippen molar-refractivity contribution in [2.75, 3.05) is 5.32 Å². The molecule has 1 N–H and O–H groups in total. The van der Waals surface area contributed by atoms with E-state index >= 15 is 0 Å². The molecule has 0 radical (unpaired) electrons. The predicted octanol–water partition coefficient (Wildman–Crippen LogP) is 6.61. The van der Waals surface area contributed by atoms with Crippen LogP contribution in [0.15, 0.2) is 42.5 Å². The van der Waals surface area contributed by atoms with Crippen LogP contribution in [0.25, 0.3) is 0 Å². The van der Waals surface area contributed by atoms with Crippen molar-refractivity contribution in [3.8, 4) is 11.5 Å². The number of aryl methyl sites for hydroxylation is 1. The van der Waals surface area contributed by atoms with Crippen molar-refractivity contribution in [1.82, 2.24) is 9.78 Å². The maximum absolute atomic E-state index is 12.9. The van der Waals surface area contributed by atoms with Gasteiger partial charge in [0.25, 0.3) is 5.69 Å². The lowest BCUT2D eigenvalue weighted by atomic mass is 10.2. The van der Waals surface area contributed by atoms with Crippen LogP contribution in [0.2, 0.25) is 5.02 Å². The van der Waals surface area contributed by atoms with E-state index in [0.717, 1.165) is 35.0 Å². The second-order valence-electron chi connectivity index (χ2n) is 7.37. The number of benzene rings is 2. The summed E-state index contributed by atoms with van der Waals surface area (Å²) in [7, 11) is 0. The van der Waals surface area contributed by atoms with Gasteiger partial charge in [0.05, 0.1) is 39.5 Å². The van der Waals surface area contributed by atoms with E-state index in [0.29, 0.717) is 6.07 Å². The summed E-state index contributed by atoms with van der Waals surface area (Å²) in [5.74, 6) is -1.22. The summed E-state index contributed by atoms with van der Waals surface area (Å²) in [4.78, 5) is 22.8. The summed E-state index contributed by atoms with van der Waals surface area (Å²) in [6.07, 6.45) is -9.80. The molecule has 192 valence electrons. The molecular formula is C21H15ClF6N4O4. The number of nitrogens with one attached hydrogen (secondary N) is 1. The minimum Gasteiger partial charge on any atom is -0.457 e. The number of non-ortho nitro benzene ring substituents is 1. The Morgan fingerprint density at radius 3 is 2.39 bits per heavy atom. The molecule has 8 nitrogen and oxygen atoms in total. The number of aromatic nitrogens is 2. The standard InChI is InChI=1S/C21H15ClF6N4O4/c1-11-18(22)19(21(26,27)28)30-31(11)6-5-17(33)29-13-8-14(32(34)35)10-16(9-13)36-15-4-2-3-12(7-15)20(23,24)25/h2-4,7-10H,5-6H2,1H3,(H,29,33). The number of rotatable bonds is 7. The summed E-state index contributed by atoms with van der Waals surface area (Å²) in [6, 6.07) is 6.88. The maximum Gasteiger partial charge on any atom is 0.436 e. The molecule has 3 aromatic rings. The number of anilines is 1. The molecule has 0 fully saturated rings. The highest BCUT2D eigenvalue weighted by Crippen LogP contribution is 2.36. The number of carbonyl (C=O) groups is 1. The van der Waals surface area contributed by atoms with Crippen molar-refractivity contribution in [3.05, 3.63) is 74.6 Å². The molecular weight excluding hydrogens is 522 g/mol. The van der Waals surface area contributed by atoms with Gasteiger partial charge < -0.3 is 10.1 Å². The highest BCUT2D eigenvalue weighted by atomic mass is 35.5. The first-order chi connectivity index (χ1) is 16.6. The molecule has 15 heteroatoms. The maximum atomic E-state index is 12.9. The van der Waals surface area contributed by atoms with Gasteiger partial charge in [-0.15, -0.1) is 0 Å². The Kier molecular flexibility index (Phi) is 7.48. The van der Waals surface area contributed by atoms with Gasteiger partial charge in [0.15, 0.2) is 5.69 Å². The van der Waals surface area contributed by atoms with Crippen LogP contribution >= 0.6 is 11.6 Å². The van der Waals surface area contributed by atoms with Gasteiger partial charge in [0.2, 0.25) is 5.91 Å². The number of alkyl halides is 6. The first-order valence-electron chi connectivity index (χ1n) is 9.89.